The first-order valence-corrected chi connectivity index (χ1v) is 20.3. The Morgan fingerprint density at radius 3 is 2.18 bits per heavy atom. The van der Waals surface area contributed by atoms with Gasteiger partial charge in [-0.2, -0.15) is 0 Å². The van der Waals surface area contributed by atoms with Gasteiger partial charge in [0.1, 0.15) is 23.3 Å². The number of rotatable bonds is 4. The topological polar surface area (TPSA) is 112 Å². The maximum Gasteiger partial charge on any atom is 0.255 e. The number of benzene rings is 4. The molecule has 2 N–H and O–H groups in total. The molecule has 0 bridgehead atoms. The third-order valence-corrected chi connectivity index (χ3v) is 12.3. The largest absolute Gasteiger partial charge is 0.508 e. The molecule has 6 aliphatic heterocycles. The molecule has 1 atom stereocenters. The fraction of sp³-hybridized carbons (Fsp3) is 0.413. The summed E-state index contributed by atoms with van der Waals surface area (Å²) < 4.78 is 11.5. The van der Waals surface area contributed by atoms with Gasteiger partial charge in [0.25, 0.3) is 5.91 Å². The average Bonchev–Trinajstić information content (AvgIpc) is 3.75. The van der Waals surface area contributed by atoms with Gasteiger partial charge in [0, 0.05) is 60.9 Å². The summed E-state index contributed by atoms with van der Waals surface area (Å²) in [6.07, 6.45) is 7.40. The Kier molecular flexibility index (Phi) is 11.3. The molecule has 6 heterocycles. The molecule has 0 saturated carbocycles. The highest BCUT2D eigenvalue weighted by molar-refractivity contribution is 6.05. The molecule has 292 valence electrons. The molecule has 6 aliphatic rings. The Morgan fingerprint density at radius 2 is 1.46 bits per heavy atom. The molecule has 3 amide bonds. The second-order valence-corrected chi connectivity index (χ2v) is 15.9. The first-order chi connectivity index (χ1) is 27.3. The van der Waals surface area contributed by atoms with Crippen LogP contribution >= 0.6 is 0 Å². The number of para-hydroxylation sites is 1. The zero-order chi connectivity index (χ0) is 38.5. The summed E-state index contributed by atoms with van der Waals surface area (Å²) in [5.74, 6) is 1.93. The van der Waals surface area contributed by atoms with Crippen LogP contribution in [0.15, 0.2) is 97.1 Å². The summed E-state index contributed by atoms with van der Waals surface area (Å²) >= 11 is 0. The Hall–Kier alpha value is -5.35. The number of aromatic hydroxyl groups is 1. The number of nitrogens with one attached hydrogen (secondary N) is 1. The van der Waals surface area contributed by atoms with Gasteiger partial charge in [-0.1, -0.05) is 60.7 Å². The molecule has 0 aromatic heterocycles. The van der Waals surface area contributed by atoms with Gasteiger partial charge in [-0.3, -0.25) is 19.7 Å². The van der Waals surface area contributed by atoms with Crippen LogP contribution in [0.5, 0.6) is 17.2 Å². The van der Waals surface area contributed by atoms with Crippen LogP contribution in [0.1, 0.15) is 72.0 Å². The van der Waals surface area contributed by atoms with Crippen molar-refractivity contribution < 1.29 is 29.0 Å². The van der Waals surface area contributed by atoms with Gasteiger partial charge in [0.15, 0.2) is 0 Å². The maximum absolute atomic E-state index is 13.2. The average molecular weight is 757 g/mol. The number of aryl methyl sites for hydroxylation is 1. The number of anilines is 1. The van der Waals surface area contributed by atoms with Crippen molar-refractivity contribution in [2.45, 2.75) is 69.4 Å². The number of hydrogen-bond acceptors (Lipinski definition) is 8. The van der Waals surface area contributed by atoms with Crippen molar-refractivity contribution in [3.05, 3.63) is 119 Å². The molecule has 0 radical (unpaired) electrons. The van der Waals surface area contributed by atoms with E-state index in [1.165, 1.54) is 36.2 Å². The van der Waals surface area contributed by atoms with Crippen molar-refractivity contribution in [1.82, 2.24) is 15.1 Å². The van der Waals surface area contributed by atoms with Crippen LogP contribution in [-0.2, 0) is 28.0 Å². The van der Waals surface area contributed by atoms with Crippen molar-refractivity contribution in [3.8, 4) is 17.2 Å². The summed E-state index contributed by atoms with van der Waals surface area (Å²) in [6, 6.07) is 31.5. The molecule has 3 saturated heterocycles. The summed E-state index contributed by atoms with van der Waals surface area (Å²) in [7, 11) is 0. The van der Waals surface area contributed by atoms with Crippen molar-refractivity contribution in [2.24, 2.45) is 5.92 Å². The molecule has 10 rings (SSSR count). The zero-order valence-electron chi connectivity index (χ0n) is 32.0. The van der Waals surface area contributed by atoms with Crippen LogP contribution in [-0.4, -0.2) is 84.6 Å². The number of carbonyl (C=O) groups is 3. The molecule has 1 spiro atoms. The van der Waals surface area contributed by atoms with Crippen LogP contribution in [0.4, 0.5) is 5.69 Å². The van der Waals surface area contributed by atoms with Crippen LogP contribution in [0.25, 0.3) is 0 Å². The first kappa shape index (κ1) is 37.6. The van der Waals surface area contributed by atoms with E-state index in [-0.39, 0.29) is 35.3 Å². The quantitative estimate of drug-likeness (QED) is 0.228. The van der Waals surface area contributed by atoms with E-state index >= 15 is 0 Å². The van der Waals surface area contributed by atoms with E-state index in [9.17, 15) is 14.4 Å². The van der Waals surface area contributed by atoms with Gasteiger partial charge in [0.05, 0.1) is 13.2 Å². The second-order valence-electron chi connectivity index (χ2n) is 15.9. The Bertz CT molecular complexity index is 1980. The van der Waals surface area contributed by atoms with Gasteiger partial charge in [-0.15, -0.1) is 0 Å². The van der Waals surface area contributed by atoms with Crippen molar-refractivity contribution >= 4 is 23.4 Å². The Labute approximate surface area is 329 Å². The Balaban J connectivity index is 0.000000212. The number of carbonyl (C=O) groups excluding carboxylic acids is 3. The number of ether oxygens (including phenoxy) is 2. The molecule has 4 aromatic rings. The van der Waals surface area contributed by atoms with Crippen molar-refractivity contribution in [2.75, 3.05) is 50.8 Å². The molecule has 3 fully saturated rings. The zero-order valence-corrected chi connectivity index (χ0v) is 32.0. The lowest BCUT2D eigenvalue weighted by Crippen LogP contribution is -2.52. The number of hydrogen-bond donors (Lipinski definition) is 2. The number of likely N-dealkylation sites (tertiary alicyclic amines) is 1. The summed E-state index contributed by atoms with van der Waals surface area (Å²) in [4.78, 5) is 44.0. The lowest BCUT2D eigenvalue weighted by molar-refractivity contribution is -0.136. The number of imide groups is 1. The van der Waals surface area contributed by atoms with E-state index in [0.717, 1.165) is 81.4 Å². The highest BCUT2D eigenvalue weighted by Crippen LogP contribution is 2.48. The van der Waals surface area contributed by atoms with Crippen LogP contribution in [0.2, 0.25) is 0 Å². The standard InChI is InChI=1S/C31H36N4O4.C9H10O2.C6H6/c36-28-7-6-26(29(37)32-28)35-19-22-16-25-27(17-24(22)30(35)38)39-20-31(25)10-14-33(15-11-31)18-21-8-12-34(13-9-21)23-4-2-1-3-5-23;10-8-4-3-7-2-1-5-11-9(7)6-8;1-2-4-6-5-3-1/h1-5,16-17,21,26H,6-15,18-20H2,(H,32,36,37);3-4,6,10H,1-2,5H2;1-6H. The second kappa shape index (κ2) is 16.8. The van der Waals surface area contributed by atoms with E-state index in [4.69, 9.17) is 14.6 Å². The van der Waals surface area contributed by atoms with Gasteiger partial charge in [-0.25, -0.2) is 0 Å². The SMILES string of the molecule is O=C1CCC(N2Cc3cc4c(cc3C2=O)OCC42CCN(CC3CCN(c4ccccc4)CC3)CC2)C(=O)N1.Oc1ccc2c(c1)OCCC2.c1ccccc1. The Morgan fingerprint density at radius 1 is 0.750 bits per heavy atom. The third kappa shape index (κ3) is 8.26. The van der Waals surface area contributed by atoms with Crippen LogP contribution in [0.3, 0.4) is 0 Å². The first-order valence-electron chi connectivity index (χ1n) is 20.3. The summed E-state index contributed by atoms with van der Waals surface area (Å²) in [5, 5.41) is 11.5. The van der Waals surface area contributed by atoms with Crippen LogP contribution < -0.4 is 19.7 Å². The van der Waals surface area contributed by atoms with Gasteiger partial charge in [-0.05, 0) is 105 Å². The number of amides is 3. The molecule has 10 heteroatoms. The van der Waals surface area contributed by atoms with Gasteiger partial charge >= 0.3 is 0 Å². The van der Waals surface area contributed by atoms with E-state index in [1.54, 1.807) is 17.0 Å². The van der Waals surface area contributed by atoms with E-state index in [2.05, 4.69) is 51.5 Å². The normalized spacial score (nSPS) is 21.3. The molecule has 1 unspecified atom stereocenters. The van der Waals surface area contributed by atoms with Gasteiger partial charge in [0.2, 0.25) is 11.8 Å². The number of phenols is 1. The maximum atomic E-state index is 13.2. The minimum Gasteiger partial charge on any atom is -0.508 e. The molecular weight excluding hydrogens is 705 g/mol. The number of piperidine rings is 3. The van der Waals surface area contributed by atoms with Crippen LogP contribution in [0, 0.1) is 5.92 Å². The van der Waals surface area contributed by atoms with Gasteiger partial charge < -0.3 is 29.3 Å². The smallest absolute Gasteiger partial charge is 0.255 e. The molecule has 56 heavy (non-hydrogen) atoms. The lowest BCUT2D eigenvalue weighted by atomic mass is 9.73. The summed E-state index contributed by atoms with van der Waals surface area (Å²) in [5.41, 5.74) is 5.38. The minimum atomic E-state index is -0.588. The fourth-order valence-electron chi connectivity index (χ4n) is 9.09. The minimum absolute atomic E-state index is 0.00262. The molecular formula is C46H52N4O6. The van der Waals surface area contributed by atoms with E-state index in [0.29, 0.717) is 25.1 Å². The predicted octanol–water partition coefficient (Wildman–Crippen LogP) is 6.49. The lowest BCUT2D eigenvalue weighted by Gasteiger charge is -2.41. The highest BCUT2D eigenvalue weighted by atomic mass is 16.5. The number of nitrogens with zero attached hydrogens (tertiary/aromatic N) is 3. The number of fused-ring (bicyclic) bond motifs is 4. The molecule has 0 aliphatic carbocycles. The predicted molar refractivity (Wildman–Crippen MR) is 215 cm³/mol. The third-order valence-electron chi connectivity index (χ3n) is 12.3. The number of phenolic OH excluding ortho intramolecular Hbond substituents is 1. The molecule has 4 aromatic carbocycles. The monoisotopic (exact) mass is 756 g/mol. The van der Waals surface area contributed by atoms with E-state index < -0.39 is 6.04 Å². The van der Waals surface area contributed by atoms with Crippen molar-refractivity contribution in [1.29, 1.82) is 0 Å². The summed E-state index contributed by atoms with van der Waals surface area (Å²) in [6.45, 7) is 7.45. The fourth-order valence-corrected chi connectivity index (χ4v) is 9.09. The molecule has 10 nitrogen and oxygen atoms in total. The van der Waals surface area contributed by atoms with E-state index in [1.807, 2.05) is 48.5 Å². The highest BCUT2D eigenvalue weighted by Gasteiger charge is 2.46. The van der Waals surface area contributed by atoms with Crippen molar-refractivity contribution in [3.63, 3.8) is 0 Å².